The topological polar surface area (TPSA) is 30.2 Å². The average Bonchev–Trinajstić information content (AvgIpc) is 2.36. The van der Waals surface area contributed by atoms with Crippen molar-refractivity contribution in [3.8, 4) is 0 Å². The first kappa shape index (κ1) is 6.21. The minimum Gasteiger partial charge on any atom is -0.287 e. The van der Waals surface area contributed by atoms with Crippen LogP contribution in [0.15, 0.2) is 19.8 Å². The molecule has 0 saturated carbocycles. The zero-order valence-electron chi connectivity index (χ0n) is 5.45. The number of fused-ring (bicyclic) bond motifs is 1. The fraction of sp³-hybridized carbons (Fsp3) is 0.167. The first-order chi connectivity index (χ1) is 4.88. The van der Waals surface area contributed by atoms with E-state index in [9.17, 15) is 0 Å². The maximum Gasteiger partial charge on any atom is 0.162 e. The predicted molar refractivity (Wildman–Crippen MR) is 48.3 cm³/mol. The summed E-state index contributed by atoms with van der Waals surface area (Å²) in [7, 11) is 0. The molecule has 1 aliphatic rings. The van der Waals surface area contributed by atoms with E-state index in [1.54, 1.807) is 12.5 Å². The third kappa shape index (κ3) is 0.828. The Labute approximate surface area is 68.9 Å². The van der Waals surface area contributed by atoms with Gasteiger partial charge in [-0.25, -0.2) is 8.13 Å². The molecule has 1 aromatic heterocycles. The summed E-state index contributed by atoms with van der Waals surface area (Å²) in [5, 5.41) is 0. The molecule has 4 heteroatoms. The van der Waals surface area contributed by atoms with Crippen LogP contribution in [0.5, 0.6) is 0 Å². The van der Waals surface area contributed by atoms with Gasteiger partial charge in [-0.15, -0.1) is 0 Å². The summed E-state index contributed by atoms with van der Waals surface area (Å²) in [6.07, 6.45) is 3.60. The van der Waals surface area contributed by atoms with E-state index in [0.29, 0.717) is 0 Å². The highest BCUT2D eigenvalue weighted by Gasteiger charge is 2.03. The SMILES string of the molecule is CC1=CI=Nc2cncn21. The number of nitrogens with zero attached hydrogens (tertiary/aromatic N) is 3. The fourth-order valence-corrected chi connectivity index (χ4v) is 2.30. The van der Waals surface area contributed by atoms with E-state index in [-0.39, 0.29) is 21.0 Å². The molecule has 2 rings (SSSR count). The lowest BCUT2D eigenvalue weighted by atomic mass is 10.5. The molecule has 0 aliphatic carbocycles. The van der Waals surface area contributed by atoms with Gasteiger partial charge >= 0.3 is 0 Å². The Kier molecular flexibility index (Phi) is 1.40. The van der Waals surface area contributed by atoms with Gasteiger partial charge < -0.3 is 0 Å². The zero-order chi connectivity index (χ0) is 6.97. The van der Waals surface area contributed by atoms with E-state index >= 15 is 0 Å². The smallest absolute Gasteiger partial charge is 0.162 e. The normalized spacial score (nSPS) is 15.5. The van der Waals surface area contributed by atoms with Gasteiger partial charge in [0, 0.05) is 30.8 Å². The molecule has 2 heterocycles. The molecule has 1 aromatic rings. The molecular weight excluding hydrogens is 241 g/mol. The van der Waals surface area contributed by atoms with Gasteiger partial charge in [0.05, 0.1) is 6.20 Å². The highest BCUT2D eigenvalue weighted by molar-refractivity contribution is 14.2. The van der Waals surface area contributed by atoms with Crippen molar-refractivity contribution in [3.05, 3.63) is 16.6 Å². The molecule has 0 bridgehead atoms. The van der Waals surface area contributed by atoms with Crippen molar-refractivity contribution >= 4 is 32.5 Å². The van der Waals surface area contributed by atoms with Crippen molar-refractivity contribution in [2.24, 2.45) is 3.15 Å². The van der Waals surface area contributed by atoms with Crippen molar-refractivity contribution in [1.29, 1.82) is 0 Å². The summed E-state index contributed by atoms with van der Waals surface area (Å²) in [5.41, 5.74) is 1.26. The maximum atomic E-state index is 4.34. The largest absolute Gasteiger partial charge is 0.287 e. The van der Waals surface area contributed by atoms with Crippen LogP contribution in [0.25, 0.3) is 5.70 Å². The van der Waals surface area contributed by atoms with Gasteiger partial charge in [0.1, 0.15) is 6.33 Å². The molecule has 0 unspecified atom stereocenters. The van der Waals surface area contributed by atoms with Crippen LogP contribution in [-0.4, -0.2) is 9.55 Å². The number of hydrogen-bond donors (Lipinski definition) is 0. The van der Waals surface area contributed by atoms with Crippen molar-refractivity contribution in [3.63, 3.8) is 0 Å². The molecule has 0 amide bonds. The van der Waals surface area contributed by atoms with Crippen LogP contribution < -0.4 is 0 Å². The van der Waals surface area contributed by atoms with Crippen LogP contribution in [-0.2, 0) is 0 Å². The van der Waals surface area contributed by atoms with Gasteiger partial charge in [0.25, 0.3) is 0 Å². The lowest BCUT2D eigenvalue weighted by Gasteiger charge is -2.05. The highest BCUT2D eigenvalue weighted by atomic mass is 127. The monoisotopic (exact) mass is 247 g/mol. The molecule has 0 radical (unpaired) electrons. The minimum atomic E-state index is -0.0863. The van der Waals surface area contributed by atoms with Gasteiger partial charge in [-0.3, -0.25) is 4.57 Å². The van der Waals surface area contributed by atoms with E-state index in [1.807, 2.05) is 4.57 Å². The van der Waals surface area contributed by atoms with E-state index in [4.69, 9.17) is 0 Å². The molecule has 3 nitrogen and oxygen atoms in total. The second-order valence-electron chi connectivity index (χ2n) is 2.05. The van der Waals surface area contributed by atoms with Gasteiger partial charge in [-0.1, -0.05) is 0 Å². The Morgan fingerprint density at radius 3 is 3.30 bits per heavy atom. The summed E-state index contributed by atoms with van der Waals surface area (Å²) < 4.78 is 8.53. The summed E-state index contributed by atoms with van der Waals surface area (Å²) in [6, 6.07) is 0. The van der Waals surface area contributed by atoms with Crippen molar-refractivity contribution < 1.29 is 0 Å². The van der Waals surface area contributed by atoms with Crippen molar-refractivity contribution in [2.45, 2.75) is 6.92 Å². The molecular formula is C6H6IN3. The molecule has 0 spiro atoms. The Balaban J connectivity index is 2.67. The quantitative estimate of drug-likeness (QED) is 0.648. The third-order valence-electron chi connectivity index (χ3n) is 1.34. The Bertz CT molecular complexity index is 311. The average molecular weight is 247 g/mol. The van der Waals surface area contributed by atoms with E-state index < -0.39 is 0 Å². The maximum absolute atomic E-state index is 4.34. The molecule has 52 valence electrons. The molecule has 0 saturated heterocycles. The van der Waals surface area contributed by atoms with Crippen molar-refractivity contribution in [2.75, 3.05) is 0 Å². The zero-order valence-corrected chi connectivity index (χ0v) is 7.61. The Morgan fingerprint density at radius 1 is 1.60 bits per heavy atom. The standard InChI is InChI=1S/C6H6IN3/c1-5-2-7-9-6-3-8-4-10(5)6/h2-4H,1H3. The second kappa shape index (κ2) is 2.26. The van der Waals surface area contributed by atoms with Crippen LogP contribution in [0, 0.1) is 0 Å². The summed E-state index contributed by atoms with van der Waals surface area (Å²) in [6.45, 7) is 2.08. The molecule has 0 fully saturated rings. The van der Waals surface area contributed by atoms with Gasteiger partial charge in [0.15, 0.2) is 5.82 Å². The van der Waals surface area contributed by atoms with E-state index in [2.05, 4.69) is 19.1 Å². The van der Waals surface area contributed by atoms with E-state index in [0.717, 1.165) is 5.82 Å². The van der Waals surface area contributed by atoms with Gasteiger partial charge in [0.2, 0.25) is 0 Å². The number of halogens is 1. The third-order valence-corrected chi connectivity index (χ3v) is 3.29. The summed E-state index contributed by atoms with van der Waals surface area (Å²) in [5.74, 6) is 1.01. The van der Waals surface area contributed by atoms with Crippen LogP contribution in [0.4, 0.5) is 5.82 Å². The molecule has 0 atom stereocenters. The number of hydrogen-bond acceptors (Lipinski definition) is 2. The molecule has 0 aromatic carbocycles. The number of imidazole rings is 1. The Morgan fingerprint density at radius 2 is 2.50 bits per heavy atom. The first-order valence-electron chi connectivity index (χ1n) is 2.91. The Hall–Kier alpha value is -0.520. The molecule has 1 aliphatic heterocycles. The highest BCUT2D eigenvalue weighted by Crippen LogP contribution is 2.28. The van der Waals surface area contributed by atoms with E-state index in [1.165, 1.54) is 5.70 Å². The van der Waals surface area contributed by atoms with Crippen LogP contribution in [0.2, 0.25) is 0 Å². The minimum absolute atomic E-state index is 0.0863. The fourth-order valence-electron chi connectivity index (χ4n) is 0.820. The molecule has 10 heavy (non-hydrogen) atoms. The summed E-state index contributed by atoms with van der Waals surface area (Å²) >= 11 is -0.0863. The molecule has 0 N–H and O–H groups in total. The van der Waals surface area contributed by atoms with Gasteiger partial charge in [-0.05, 0) is 6.92 Å². The number of rotatable bonds is 0. The van der Waals surface area contributed by atoms with Gasteiger partial charge in [-0.2, -0.15) is 0 Å². The summed E-state index contributed by atoms with van der Waals surface area (Å²) in [4.78, 5) is 4.00. The number of aromatic nitrogens is 2. The predicted octanol–water partition coefficient (Wildman–Crippen LogP) is 2.50. The van der Waals surface area contributed by atoms with Crippen LogP contribution in [0.3, 0.4) is 0 Å². The lowest BCUT2D eigenvalue weighted by Crippen LogP contribution is -1.89. The number of allylic oxidation sites excluding steroid dienone is 1. The van der Waals surface area contributed by atoms with Crippen LogP contribution in [0.1, 0.15) is 6.92 Å². The van der Waals surface area contributed by atoms with Crippen LogP contribution >= 0.6 is 21.0 Å². The first-order valence-corrected chi connectivity index (χ1v) is 5.12. The van der Waals surface area contributed by atoms with Crippen molar-refractivity contribution in [1.82, 2.24) is 9.55 Å². The second-order valence-corrected chi connectivity index (χ2v) is 3.72. The lowest BCUT2D eigenvalue weighted by molar-refractivity contribution is 1.07.